The molecule has 0 unspecified atom stereocenters. The molecule has 1 aliphatic rings. The molecule has 0 aromatic heterocycles. The highest BCUT2D eigenvalue weighted by Crippen LogP contribution is 2.30. The number of nitrogens with zero attached hydrogens (tertiary/aromatic N) is 1. The van der Waals surface area contributed by atoms with Crippen molar-refractivity contribution in [1.82, 2.24) is 5.32 Å². The number of hydrogen-bond donors (Lipinski definition) is 1. The minimum Gasteiger partial charge on any atom is -0.345 e. The van der Waals surface area contributed by atoms with Gasteiger partial charge in [-0.2, -0.15) is 0 Å². The summed E-state index contributed by atoms with van der Waals surface area (Å²) in [5, 5.41) is 3.09. The molecule has 31 heavy (non-hydrogen) atoms. The summed E-state index contributed by atoms with van der Waals surface area (Å²) in [6.07, 6.45) is 2.90. The molecule has 160 valence electrons. The zero-order valence-electron chi connectivity index (χ0n) is 17.7. The third-order valence-corrected chi connectivity index (χ3v) is 7.61. The van der Waals surface area contributed by atoms with Crippen LogP contribution in [-0.2, 0) is 16.4 Å². The summed E-state index contributed by atoms with van der Waals surface area (Å²) >= 11 is 0. The Kier molecular flexibility index (Phi) is 5.83. The van der Waals surface area contributed by atoms with Gasteiger partial charge in [0.25, 0.3) is 15.9 Å². The second-order valence-corrected chi connectivity index (χ2v) is 9.92. The van der Waals surface area contributed by atoms with Crippen molar-refractivity contribution >= 4 is 21.6 Å². The number of fused-ring (bicyclic) bond motifs is 1. The molecule has 1 amide bonds. The number of sulfonamides is 1. The van der Waals surface area contributed by atoms with Crippen molar-refractivity contribution in [2.24, 2.45) is 0 Å². The Bertz CT molecular complexity index is 1200. The van der Waals surface area contributed by atoms with E-state index in [9.17, 15) is 13.2 Å². The quantitative estimate of drug-likeness (QED) is 0.637. The predicted octanol–water partition coefficient (Wildman–Crippen LogP) is 4.63. The maximum absolute atomic E-state index is 13.1. The third-order valence-electron chi connectivity index (χ3n) is 5.83. The molecule has 0 spiro atoms. The average Bonchev–Trinajstić information content (AvgIpc) is 2.79. The number of benzene rings is 3. The van der Waals surface area contributed by atoms with E-state index in [1.807, 2.05) is 31.2 Å². The molecule has 3 aromatic carbocycles. The van der Waals surface area contributed by atoms with Crippen LogP contribution >= 0.6 is 0 Å². The monoisotopic (exact) mass is 434 g/mol. The van der Waals surface area contributed by atoms with Gasteiger partial charge in [0.1, 0.15) is 0 Å². The van der Waals surface area contributed by atoms with E-state index in [1.54, 1.807) is 24.3 Å². The smallest absolute Gasteiger partial charge is 0.264 e. The number of carbonyl (C=O) groups is 1. The van der Waals surface area contributed by atoms with E-state index in [0.29, 0.717) is 11.3 Å². The Balaban J connectivity index is 1.57. The maximum Gasteiger partial charge on any atom is 0.264 e. The SMILES string of the molecule is Cc1ccc(N(C)S(=O)(=O)c2cccc(C(=O)N[C@@H]3CCCc4ccccc43)c2)cc1. The summed E-state index contributed by atoms with van der Waals surface area (Å²) in [4.78, 5) is 13.0. The highest BCUT2D eigenvalue weighted by Gasteiger charge is 2.25. The lowest BCUT2D eigenvalue weighted by Gasteiger charge is -2.26. The highest BCUT2D eigenvalue weighted by atomic mass is 32.2. The van der Waals surface area contributed by atoms with Gasteiger partial charge in [-0.3, -0.25) is 9.10 Å². The Morgan fingerprint density at radius 3 is 2.52 bits per heavy atom. The molecule has 1 aliphatic carbocycles. The molecule has 0 heterocycles. The first-order valence-electron chi connectivity index (χ1n) is 10.4. The lowest BCUT2D eigenvalue weighted by atomic mass is 9.87. The van der Waals surface area contributed by atoms with Crippen molar-refractivity contribution in [1.29, 1.82) is 0 Å². The van der Waals surface area contributed by atoms with E-state index in [1.165, 1.54) is 29.0 Å². The zero-order chi connectivity index (χ0) is 22.0. The van der Waals surface area contributed by atoms with Crippen LogP contribution in [0, 0.1) is 6.92 Å². The number of hydrogen-bond acceptors (Lipinski definition) is 3. The lowest BCUT2D eigenvalue weighted by Crippen LogP contribution is -2.31. The van der Waals surface area contributed by atoms with Crippen LogP contribution in [0.3, 0.4) is 0 Å². The van der Waals surface area contributed by atoms with Gasteiger partial charge < -0.3 is 5.32 Å². The fourth-order valence-electron chi connectivity index (χ4n) is 3.99. The molecule has 0 radical (unpaired) electrons. The van der Waals surface area contributed by atoms with Crippen molar-refractivity contribution in [3.05, 3.63) is 95.1 Å². The predicted molar refractivity (Wildman–Crippen MR) is 123 cm³/mol. The van der Waals surface area contributed by atoms with Gasteiger partial charge in [0.05, 0.1) is 16.6 Å². The van der Waals surface area contributed by atoms with Gasteiger partial charge in [-0.05, 0) is 67.6 Å². The lowest BCUT2D eigenvalue weighted by molar-refractivity contribution is 0.0932. The van der Waals surface area contributed by atoms with Gasteiger partial charge in [0, 0.05) is 12.6 Å². The van der Waals surface area contributed by atoms with Crippen LogP contribution in [0.4, 0.5) is 5.69 Å². The molecule has 0 bridgehead atoms. The van der Waals surface area contributed by atoms with Crippen LogP contribution in [0.25, 0.3) is 0 Å². The molecule has 1 atom stereocenters. The van der Waals surface area contributed by atoms with Gasteiger partial charge in [-0.15, -0.1) is 0 Å². The van der Waals surface area contributed by atoms with E-state index in [2.05, 4.69) is 17.4 Å². The van der Waals surface area contributed by atoms with Crippen molar-refractivity contribution in [2.45, 2.75) is 37.1 Å². The van der Waals surface area contributed by atoms with Crippen molar-refractivity contribution in [2.75, 3.05) is 11.4 Å². The summed E-state index contributed by atoms with van der Waals surface area (Å²) in [5.74, 6) is -0.267. The van der Waals surface area contributed by atoms with Crippen molar-refractivity contribution in [3.8, 4) is 0 Å². The van der Waals surface area contributed by atoms with Crippen LogP contribution in [0.5, 0.6) is 0 Å². The minimum atomic E-state index is -3.79. The summed E-state index contributed by atoms with van der Waals surface area (Å²) in [5.41, 5.74) is 4.36. The van der Waals surface area contributed by atoms with Crippen LogP contribution in [-0.4, -0.2) is 21.4 Å². The van der Waals surface area contributed by atoms with Crippen LogP contribution in [0.2, 0.25) is 0 Å². The van der Waals surface area contributed by atoms with Crippen LogP contribution in [0.15, 0.2) is 77.7 Å². The summed E-state index contributed by atoms with van der Waals surface area (Å²) < 4.78 is 27.5. The second-order valence-electron chi connectivity index (χ2n) is 7.95. The molecule has 0 fully saturated rings. The Morgan fingerprint density at radius 1 is 1.00 bits per heavy atom. The number of amides is 1. The van der Waals surface area contributed by atoms with Gasteiger partial charge in [-0.25, -0.2) is 8.42 Å². The molecule has 3 aromatic rings. The fourth-order valence-corrected chi connectivity index (χ4v) is 5.24. The number of carbonyl (C=O) groups excluding carboxylic acids is 1. The number of anilines is 1. The molecule has 5 nitrogen and oxygen atoms in total. The largest absolute Gasteiger partial charge is 0.345 e. The molecule has 6 heteroatoms. The molecule has 4 rings (SSSR count). The summed E-state index contributed by atoms with van der Waals surface area (Å²) in [7, 11) is -2.27. The number of nitrogens with one attached hydrogen (secondary N) is 1. The van der Waals surface area contributed by atoms with Crippen molar-refractivity contribution in [3.63, 3.8) is 0 Å². The highest BCUT2D eigenvalue weighted by molar-refractivity contribution is 7.92. The fraction of sp³-hybridized carbons (Fsp3) is 0.240. The van der Waals surface area contributed by atoms with Gasteiger partial charge >= 0.3 is 0 Å². The Labute approximate surface area is 183 Å². The molecule has 0 saturated carbocycles. The molecular weight excluding hydrogens is 408 g/mol. The minimum absolute atomic E-state index is 0.0621. The zero-order valence-corrected chi connectivity index (χ0v) is 18.5. The third kappa shape index (κ3) is 4.35. The number of aryl methyl sites for hydroxylation is 2. The Morgan fingerprint density at radius 2 is 1.74 bits per heavy atom. The van der Waals surface area contributed by atoms with Crippen LogP contribution < -0.4 is 9.62 Å². The molecular formula is C25H26N2O3S. The van der Waals surface area contributed by atoms with Crippen molar-refractivity contribution < 1.29 is 13.2 Å². The first kappa shape index (κ1) is 21.1. The second kappa shape index (κ2) is 8.55. The molecule has 1 N–H and O–H groups in total. The average molecular weight is 435 g/mol. The normalized spacial score (nSPS) is 15.7. The maximum atomic E-state index is 13.1. The molecule has 0 aliphatic heterocycles. The topological polar surface area (TPSA) is 66.5 Å². The summed E-state index contributed by atoms with van der Waals surface area (Å²) in [6, 6.07) is 21.6. The van der Waals surface area contributed by atoms with E-state index in [-0.39, 0.29) is 16.8 Å². The van der Waals surface area contributed by atoms with E-state index in [0.717, 1.165) is 30.4 Å². The van der Waals surface area contributed by atoms with E-state index < -0.39 is 10.0 Å². The van der Waals surface area contributed by atoms with Gasteiger partial charge in [0.2, 0.25) is 0 Å². The Hall–Kier alpha value is -3.12. The number of rotatable bonds is 5. The molecule has 0 saturated heterocycles. The van der Waals surface area contributed by atoms with Crippen LogP contribution in [0.1, 0.15) is 45.9 Å². The van der Waals surface area contributed by atoms with E-state index in [4.69, 9.17) is 0 Å². The van der Waals surface area contributed by atoms with E-state index >= 15 is 0 Å². The first-order chi connectivity index (χ1) is 14.9. The van der Waals surface area contributed by atoms with Gasteiger partial charge in [0.15, 0.2) is 0 Å². The van der Waals surface area contributed by atoms with Gasteiger partial charge in [-0.1, -0.05) is 48.0 Å². The first-order valence-corrected chi connectivity index (χ1v) is 11.8. The standard InChI is InChI=1S/C25H26N2O3S/c1-18-13-15-21(16-14-18)27(2)31(29,30)22-10-5-9-20(17-22)25(28)26-24-12-6-8-19-7-3-4-11-23(19)24/h3-5,7,9-11,13-17,24H,6,8,12H2,1-2H3,(H,26,28)/t24-/m1/s1. The summed E-state index contributed by atoms with van der Waals surface area (Å²) in [6.45, 7) is 1.95.